The van der Waals surface area contributed by atoms with Gasteiger partial charge in [-0.3, -0.25) is 19.3 Å². The molecule has 0 aromatic heterocycles. The number of nitrogens with one attached hydrogen (secondary N) is 1. The van der Waals surface area contributed by atoms with Gasteiger partial charge in [0.2, 0.25) is 17.7 Å². The molecule has 3 amide bonds. The summed E-state index contributed by atoms with van der Waals surface area (Å²) in [5.74, 6) is 0.710. The molecular weight excluding hydrogens is 372 g/mol. The summed E-state index contributed by atoms with van der Waals surface area (Å²) in [7, 11) is 0. The molecule has 1 aliphatic carbocycles. The van der Waals surface area contributed by atoms with Crippen molar-refractivity contribution in [3.63, 3.8) is 0 Å². The molecular formula is C22H28N2O5. The van der Waals surface area contributed by atoms with E-state index >= 15 is 0 Å². The lowest BCUT2D eigenvalue weighted by molar-refractivity contribution is -0.140. The number of likely N-dealkylation sites (tertiary alicyclic amines) is 1. The molecule has 1 saturated carbocycles. The third-order valence-electron chi connectivity index (χ3n) is 6.14. The van der Waals surface area contributed by atoms with Crippen LogP contribution in [0.2, 0.25) is 0 Å². The van der Waals surface area contributed by atoms with E-state index in [1.54, 1.807) is 0 Å². The second-order valence-corrected chi connectivity index (χ2v) is 8.12. The zero-order valence-corrected chi connectivity index (χ0v) is 16.8. The number of imide groups is 1. The van der Waals surface area contributed by atoms with Crippen molar-refractivity contribution in [3.8, 4) is 11.5 Å². The van der Waals surface area contributed by atoms with Gasteiger partial charge in [0.25, 0.3) is 0 Å². The second-order valence-electron chi connectivity index (χ2n) is 8.12. The molecule has 2 aliphatic heterocycles. The van der Waals surface area contributed by atoms with Gasteiger partial charge in [0.05, 0.1) is 31.1 Å². The normalized spacial score (nSPS) is 24.7. The molecule has 1 aromatic rings. The van der Waals surface area contributed by atoms with E-state index in [2.05, 4.69) is 5.32 Å². The fraction of sp³-hybridized carbons (Fsp3) is 0.591. The van der Waals surface area contributed by atoms with Crippen LogP contribution >= 0.6 is 0 Å². The first-order valence-corrected chi connectivity index (χ1v) is 10.6. The minimum Gasteiger partial charge on any atom is -0.490 e. The minimum atomic E-state index is -0.216. The molecule has 0 unspecified atom stereocenters. The predicted octanol–water partition coefficient (Wildman–Crippen LogP) is 2.59. The number of carbonyl (C=O) groups excluding carboxylic acids is 3. The third-order valence-corrected chi connectivity index (χ3v) is 6.14. The Morgan fingerprint density at radius 3 is 2.41 bits per heavy atom. The van der Waals surface area contributed by atoms with Crippen LogP contribution in [0.5, 0.6) is 11.5 Å². The Kier molecular flexibility index (Phi) is 5.74. The van der Waals surface area contributed by atoms with E-state index in [1.807, 2.05) is 25.1 Å². The van der Waals surface area contributed by atoms with E-state index in [-0.39, 0.29) is 48.6 Å². The van der Waals surface area contributed by atoms with Crippen LogP contribution in [0.1, 0.15) is 57.1 Å². The molecule has 7 heteroatoms. The summed E-state index contributed by atoms with van der Waals surface area (Å²) in [5, 5.41) is 2.95. The largest absolute Gasteiger partial charge is 0.490 e. The van der Waals surface area contributed by atoms with Gasteiger partial charge < -0.3 is 14.8 Å². The molecule has 2 heterocycles. The Hall–Kier alpha value is -2.57. The Bertz CT molecular complexity index is 784. The highest BCUT2D eigenvalue weighted by molar-refractivity contribution is 6.05. The highest BCUT2D eigenvalue weighted by Gasteiger charge is 2.47. The Morgan fingerprint density at radius 1 is 1.07 bits per heavy atom. The van der Waals surface area contributed by atoms with Crippen LogP contribution in [0.3, 0.4) is 0 Å². The lowest BCUT2D eigenvalue weighted by atomic mass is 9.81. The molecule has 1 N–H and O–H groups in total. The van der Waals surface area contributed by atoms with E-state index < -0.39 is 0 Å². The Labute approximate surface area is 170 Å². The number of rotatable bonds is 5. The summed E-state index contributed by atoms with van der Waals surface area (Å²) in [6.45, 7) is 3.30. The van der Waals surface area contributed by atoms with Crippen LogP contribution in [0.25, 0.3) is 0 Å². The van der Waals surface area contributed by atoms with Crippen molar-refractivity contribution in [2.75, 3.05) is 19.8 Å². The zero-order valence-electron chi connectivity index (χ0n) is 16.8. The Balaban J connectivity index is 1.32. The van der Waals surface area contributed by atoms with E-state index in [4.69, 9.17) is 9.47 Å². The molecule has 7 nitrogen and oxygen atoms in total. The van der Waals surface area contributed by atoms with E-state index in [0.29, 0.717) is 19.0 Å². The van der Waals surface area contributed by atoms with E-state index in [9.17, 15) is 14.4 Å². The standard InChI is InChI=1S/C22H28N2O5/c1-14(15-7-8-18-19(13-15)29-12-4-11-28-18)23-20(25)9-10-24-21(26)16-5-2-3-6-17(16)22(24)27/h7-8,13-14,16-17H,2-6,9-12H2,1H3,(H,23,25)/t14-,16-,17+/m0/s1. The molecule has 1 aromatic carbocycles. The van der Waals surface area contributed by atoms with Crippen molar-refractivity contribution in [2.45, 2.75) is 51.5 Å². The SMILES string of the molecule is C[C@H](NC(=O)CCN1C(=O)[C@H]2CCCC[C@H]2C1=O)c1ccc2c(c1)OCCCO2. The molecule has 3 aliphatic rings. The quantitative estimate of drug-likeness (QED) is 0.768. The van der Waals surface area contributed by atoms with Crippen LogP contribution in [0, 0.1) is 11.8 Å². The average Bonchev–Trinajstić information content (AvgIpc) is 2.88. The molecule has 0 radical (unpaired) electrons. The maximum atomic E-state index is 12.5. The van der Waals surface area contributed by atoms with Crippen molar-refractivity contribution in [3.05, 3.63) is 23.8 Å². The zero-order chi connectivity index (χ0) is 20.4. The lowest BCUT2D eigenvalue weighted by Crippen LogP contribution is -2.36. The van der Waals surface area contributed by atoms with E-state index in [0.717, 1.165) is 43.4 Å². The molecule has 3 atom stereocenters. The first kappa shape index (κ1) is 19.7. The number of ether oxygens (including phenoxy) is 2. The molecule has 0 bridgehead atoms. The van der Waals surface area contributed by atoms with Crippen LogP contribution in [-0.2, 0) is 14.4 Å². The fourth-order valence-electron chi connectivity index (χ4n) is 4.51. The molecule has 1 saturated heterocycles. The van der Waals surface area contributed by atoms with Crippen LogP contribution in [0.15, 0.2) is 18.2 Å². The van der Waals surface area contributed by atoms with Crippen molar-refractivity contribution in [1.29, 1.82) is 0 Å². The summed E-state index contributed by atoms with van der Waals surface area (Å²) in [4.78, 5) is 38.8. The van der Waals surface area contributed by atoms with E-state index in [1.165, 1.54) is 4.90 Å². The molecule has 0 spiro atoms. The van der Waals surface area contributed by atoms with Crippen molar-refractivity contribution in [2.24, 2.45) is 11.8 Å². The first-order chi connectivity index (χ1) is 14.0. The van der Waals surface area contributed by atoms with Gasteiger partial charge in [0.1, 0.15) is 0 Å². The number of hydrogen-bond donors (Lipinski definition) is 1. The second kappa shape index (κ2) is 8.43. The summed E-state index contributed by atoms with van der Waals surface area (Å²) >= 11 is 0. The number of benzene rings is 1. The maximum Gasteiger partial charge on any atom is 0.233 e. The smallest absolute Gasteiger partial charge is 0.233 e. The number of hydrogen-bond acceptors (Lipinski definition) is 5. The van der Waals surface area contributed by atoms with Gasteiger partial charge >= 0.3 is 0 Å². The van der Waals surface area contributed by atoms with Gasteiger partial charge in [-0.2, -0.15) is 0 Å². The fourth-order valence-corrected chi connectivity index (χ4v) is 4.51. The Morgan fingerprint density at radius 2 is 1.72 bits per heavy atom. The summed E-state index contributed by atoms with van der Waals surface area (Å²) in [6, 6.07) is 5.45. The summed E-state index contributed by atoms with van der Waals surface area (Å²) in [5.41, 5.74) is 0.918. The molecule has 2 fully saturated rings. The number of carbonyl (C=O) groups is 3. The average molecular weight is 400 g/mol. The highest BCUT2D eigenvalue weighted by atomic mass is 16.5. The predicted molar refractivity (Wildman–Crippen MR) is 105 cm³/mol. The van der Waals surface area contributed by atoms with Crippen molar-refractivity contribution in [1.82, 2.24) is 10.2 Å². The number of amides is 3. The number of fused-ring (bicyclic) bond motifs is 2. The van der Waals surface area contributed by atoms with Crippen LogP contribution in [-0.4, -0.2) is 42.4 Å². The maximum absolute atomic E-state index is 12.5. The lowest BCUT2D eigenvalue weighted by Gasteiger charge is -2.19. The minimum absolute atomic E-state index is 0.0940. The molecule has 156 valence electrons. The van der Waals surface area contributed by atoms with Gasteiger partial charge in [-0.15, -0.1) is 0 Å². The monoisotopic (exact) mass is 400 g/mol. The topological polar surface area (TPSA) is 84.9 Å². The molecule has 4 rings (SSSR count). The number of nitrogens with zero attached hydrogens (tertiary/aromatic N) is 1. The van der Waals surface area contributed by atoms with Crippen LogP contribution < -0.4 is 14.8 Å². The summed E-state index contributed by atoms with van der Waals surface area (Å²) in [6.07, 6.45) is 4.54. The van der Waals surface area contributed by atoms with Crippen LogP contribution in [0.4, 0.5) is 0 Å². The highest BCUT2D eigenvalue weighted by Crippen LogP contribution is 2.38. The van der Waals surface area contributed by atoms with Gasteiger partial charge in [-0.1, -0.05) is 18.9 Å². The van der Waals surface area contributed by atoms with Crippen molar-refractivity contribution < 1.29 is 23.9 Å². The van der Waals surface area contributed by atoms with Gasteiger partial charge in [0, 0.05) is 19.4 Å². The first-order valence-electron chi connectivity index (χ1n) is 10.6. The van der Waals surface area contributed by atoms with Gasteiger partial charge in [-0.05, 0) is 37.5 Å². The van der Waals surface area contributed by atoms with Gasteiger partial charge in [-0.25, -0.2) is 0 Å². The summed E-state index contributed by atoms with van der Waals surface area (Å²) < 4.78 is 11.3. The molecule has 29 heavy (non-hydrogen) atoms. The van der Waals surface area contributed by atoms with Gasteiger partial charge in [0.15, 0.2) is 11.5 Å². The van der Waals surface area contributed by atoms with Crippen molar-refractivity contribution >= 4 is 17.7 Å². The third kappa shape index (κ3) is 4.09.